The number of aromatic nitrogens is 2. The molecule has 0 unspecified atom stereocenters. The highest BCUT2D eigenvalue weighted by molar-refractivity contribution is 14.1. The van der Waals surface area contributed by atoms with Crippen molar-refractivity contribution in [3.05, 3.63) is 50.7 Å². The van der Waals surface area contributed by atoms with E-state index in [4.69, 9.17) is 0 Å². The Hall–Kier alpha value is -1.24. The van der Waals surface area contributed by atoms with Crippen LogP contribution in [-0.4, -0.2) is 16.5 Å². The van der Waals surface area contributed by atoms with Crippen LogP contribution in [-0.2, 0) is 12.8 Å². The summed E-state index contributed by atoms with van der Waals surface area (Å²) in [6.07, 6.45) is 2.61. The first-order valence-electron chi connectivity index (χ1n) is 7.17. The molecule has 0 spiro atoms. The summed E-state index contributed by atoms with van der Waals surface area (Å²) in [4.78, 5) is 9.27. The largest absolute Gasteiger partial charge is 0.369 e. The van der Waals surface area contributed by atoms with E-state index in [9.17, 15) is 4.39 Å². The molecular formula is C16H19FIN3. The Kier molecular flexibility index (Phi) is 5.90. The predicted octanol–water partition coefficient (Wildman–Crippen LogP) is 4.20. The number of benzene rings is 1. The molecule has 5 heteroatoms. The van der Waals surface area contributed by atoms with Gasteiger partial charge >= 0.3 is 0 Å². The van der Waals surface area contributed by atoms with Crippen molar-refractivity contribution in [2.24, 2.45) is 0 Å². The molecule has 1 aromatic heterocycles. The first-order valence-corrected chi connectivity index (χ1v) is 8.25. The molecule has 0 saturated carbocycles. The number of nitrogens with zero attached hydrogens (tertiary/aromatic N) is 2. The standard InChI is InChI=1S/C16H19FIN3/c1-3-5-13-15(18)16(19-4-2)21-14(20-13)10-11-6-8-12(17)9-7-11/h6-9H,3-5,10H2,1-2H3,(H,19,20,21). The van der Waals surface area contributed by atoms with Crippen molar-refractivity contribution >= 4 is 28.4 Å². The second-order valence-corrected chi connectivity index (χ2v) is 5.91. The molecule has 0 saturated heterocycles. The van der Waals surface area contributed by atoms with Gasteiger partial charge in [0.2, 0.25) is 0 Å². The van der Waals surface area contributed by atoms with Crippen molar-refractivity contribution in [3.8, 4) is 0 Å². The molecule has 0 aliphatic heterocycles. The van der Waals surface area contributed by atoms with Gasteiger partial charge in [-0.25, -0.2) is 14.4 Å². The van der Waals surface area contributed by atoms with E-state index < -0.39 is 0 Å². The fourth-order valence-electron chi connectivity index (χ4n) is 2.10. The number of hydrogen-bond donors (Lipinski definition) is 1. The molecule has 0 radical (unpaired) electrons. The maximum absolute atomic E-state index is 13.0. The quantitative estimate of drug-likeness (QED) is 0.741. The number of hydrogen-bond acceptors (Lipinski definition) is 3. The molecule has 0 fully saturated rings. The van der Waals surface area contributed by atoms with E-state index in [2.05, 4.69) is 51.7 Å². The van der Waals surface area contributed by atoms with Crippen molar-refractivity contribution in [3.63, 3.8) is 0 Å². The average molecular weight is 399 g/mol. The van der Waals surface area contributed by atoms with Gasteiger partial charge in [0, 0.05) is 13.0 Å². The summed E-state index contributed by atoms with van der Waals surface area (Å²) in [5, 5.41) is 3.29. The minimum absolute atomic E-state index is 0.220. The van der Waals surface area contributed by atoms with Crippen LogP contribution >= 0.6 is 22.6 Å². The molecular weight excluding hydrogens is 380 g/mol. The van der Waals surface area contributed by atoms with E-state index in [0.717, 1.165) is 45.9 Å². The Morgan fingerprint density at radius 2 is 1.86 bits per heavy atom. The van der Waals surface area contributed by atoms with Gasteiger partial charge in [-0.1, -0.05) is 25.5 Å². The van der Waals surface area contributed by atoms with E-state index >= 15 is 0 Å². The van der Waals surface area contributed by atoms with Crippen LogP contribution in [0.3, 0.4) is 0 Å². The van der Waals surface area contributed by atoms with Crippen LogP contribution in [0.4, 0.5) is 10.2 Å². The second-order valence-electron chi connectivity index (χ2n) is 4.83. The van der Waals surface area contributed by atoms with Gasteiger partial charge in [-0.05, 0) is 53.6 Å². The Labute approximate surface area is 138 Å². The van der Waals surface area contributed by atoms with Gasteiger partial charge in [0.15, 0.2) is 0 Å². The summed E-state index contributed by atoms with van der Waals surface area (Å²) in [6.45, 7) is 5.02. The number of rotatable bonds is 6. The SMILES string of the molecule is CCCc1nc(Cc2ccc(F)cc2)nc(NCC)c1I. The smallest absolute Gasteiger partial charge is 0.143 e. The summed E-state index contributed by atoms with van der Waals surface area (Å²) in [5.74, 6) is 1.46. The molecule has 3 nitrogen and oxygen atoms in total. The molecule has 21 heavy (non-hydrogen) atoms. The van der Waals surface area contributed by atoms with Gasteiger partial charge < -0.3 is 5.32 Å². The Morgan fingerprint density at radius 3 is 2.48 bits per heavy atom. The molecule has 0 amide bonds. The van der Waals surface area contributed by atoms with Crippen molar-refractivity contribution in [2.45, 2.75) is 33.1 Å². The Balaban J connectivity index is 2.31. The summed E-state index contributed by atoms with van der Waals surface area (Å²) < 4.78 is 14.1. The van der Waals surface area contributed by atoms with E-state index in [1.807, 2.05) is 0 Å². The van der Waals surface area contributed by atoms with Gasteiger partial charge in [0.25, 0.3) is 0 Å². The van der Waals surface area contributed by atoms with Crippen molar-refractivity contribution in [1.82, 2.24) is 9.97 Å². The molecule has 0 bridgehead atoms. The number of nitrogens with one attached hydrogen (secondary N) is 1. The number of aryl methyl sites for hydroxylation is 1. The van der Waals surface area contributed by atoms with E-state index in [-0.39, 0.29) is 5.82 Å². The minimum Gasteiger partial charge on any atom is -0.369 e. The third-order valence-electron chi connectivity index (χ3n) is 3.07. The van der Waals surface area contributed by atoms with Gasteiger partial charge in [-0.3, -0.25) is 0 Å². The van der Waals surface area contributed by atoms with Crippen molar-refractivity contribution in [1.29, 1.82) is 0 Å². The van der Waals surface area contributed by atoms with Gasteiger partial charge in [0.1, 0.15) is 17.5 Å². The van der Waals surface area contributed by atoms with Crippen LogP contribution in [0.25, 0.3) is 0 Å². The summed E-state index contributed by atoms with van der Waals surface area (Å²) in [7, 11) is 0. The van der Waals surface area contributed by atoms with Crippen molar-refractivity contribution < 1.29 is 4.39 Å². The van der Waals surface area contributed by atoms with E-state index in [1.165, 1.54) is 12.1 Å². The predicted molar refractivity (Wildman–Crippen MR) is 92.1 cm³/mol. The molecule has 0 aliphatic carbocycles. The second kappa shape index (κ2) is 7.68. The first kappa shape index (κ1) is 16.1. The zero-order valence-corrected chi connectivity index (χ0v) is 14.4. The maximum Gasteiger partial charge on any atom is 0.143 e. The highest BCUT2D eigenvalue weighted by Gasteiger charge is 2.11. The normalized spacial score (nSPS) is 10.7. The number of anilines is 1. The Morgan fingerprint density at radius 1 is 1.14 bits per heavy atom. The van der Waals surface area contributed by atoms with Crippen LogP contribution in [0, 0.1) is 9.39 Å². The van der Waals surface area contributed by atoms with E-state index in [1.54, 1.807) is 12.1 Å². The number of halogens is 2. The first-order chi connectivity index (χ1) is 10.1. The molecule has 0 atom stereocenters. The lowest BCUT2D eigenvalue weighted by Crippen LogP contribution is -2.10. The lowest BCUT2D eigenvalue weighted by Gasteiger charge is -2.12. The van der Waals surface area contributed by atoms with Crippen molar-refractivity contribution in [2.75, 3.05) is 11.9 Å². The van der Waals surface area contributed by atoms with Crippen LogP contribution in [0.2, 0.25) is 0 Å². The minimum atomic E-state index is -0.220. The molecule has 2 rings (SSSR count). The van der Waals surface area contributed by atoms with Crippen LogP contribution in [0.5, 0.6) is 0 Å². The zero-order chi connectivity index (χ0) is 15.2. The fourth-order valence-corrected chi connectivity index (χ4v) is 2.80. The molecule has 1 N–H and O–H groups in total. The average Bonchev–Trinajstić information content (AvgIpc) is 2.47. The lowest BCUT2D eigenvalue weighted by atomic mass is 10.1. The third kappa shape index (κ3) is 4.36. The molecule has 1 heterocycles. The maximum atomic E-state index is 13.0. The molecule has 112 valence electrons. The van der Waals surface area contributed by atoms with Crippen LogP contribution in [0.1, 0.15) is 37.4 Å². The van der Waals surface area contributed by atoms with E-state index in [0.29, 0.717) is 6.42 Å². The Bertz CT molecular complexity index is 572. The summed E-state index contributed by atoms with van der Waals surface area (Å²) >= 11 is 2.30. The van der Waals surface area contributed by atoms with Crippen LogP contribution < -0.4 is 5.32 Å². The van der Waals surface area contributed by atoms with Gasteiger partial charge in [-0.2, -0.15) is 0 Å². The highest BCUT2D eigenvalue weighted by atomic mass is 127. The third-order valence-corrected chi connectivity index (χ3v) is 4.21. The summed E-state index contributed by atoms with van der Waals surface area (Å²) in [6, 6.07) is 6.51. The monoisotopic (exact) mass is 399 g/mol. The fraction of sp³-hybridized carbons (Fsp3) is 0.375. The van der Waals surface area contributed by atoms with Gasteiger partial charge in [0.05, 0.1) is 9.26 Å². The molecule has 1 aromatic carbocycles. The highest BCUT2D eigenvalue weighted by Crippen LogP contribution is 2.21. The summed E-state index contributed by atoms with van der Waals surface area (Å²) in [5.41, 5.74) is 2.10. The zero-order valence-electron chi connectivity index (χ0n) is 12.3. The molecule has 2 aromatic rings. The lowest BCUT2D eigenvalue weighted by molar-refractivity contribution is 0.627. The van der Waals surface area contributed by atoms with Gasteiger partial charge in [-0.15, -0.1) is 0 Å². The van der Waals surface area contributed by atoms with Crippen LogP contribution in [0.15, 0.2) is 24.3 Å². The topological polar surface area (TPSA) is 37.8 Å². The molecule has 0 aliphatic rings.